The van der Waals surface area contributed by atoms with Crippen molar-refractivity contribution in [1.29, 1.82) is 0 Å². The SMILES string of the molecule is CCOc1ccc(C(=O)NCC(=O)N2CCC(C(=O)c3ccc(C)cc3)CC2)cc1OCC. The highest BCUT2D eigenvalue weighted by molar-refractivity contribution is 5.98. The smallest absolute Gasteiger partial charge is 0.251 e. The highest BCUT2D eigenvalue weighted by atomic mass is 16.5. The maximum atomic E-state index is 12.7. The predicted molar refractivity (Wildman–Crippen MR) is 126 cm³/mol. The van der Waals surface area contributed by atoms with Crippen LogP contribution in [0.3, 0.4) is 0 Å². The zero-order valence-electron chi connectivity index (χ0n) is 19.6. The van der Waals surface area contributed by atoms with Crippen molar-refractivity contribution in [1.82, 2.24) is 10.2 Å². The lowest BCUT2D eigenvalue weighted by Crippen LogP contribution is -2.45. The summed E-state index contributed by atoms with van der Waals surface area (Å²) in [6, 6.07) is 12.6. The summed E-state index contributed by atoms with van der Waals surface area (Å²) in [4.78, 5) is 39.6. The summed E-state index contributed by atoms with van der Waals surface area (Å²) >= 11 is 0. The number of aryl methyl sites for hydroxylation is 1. The number of Topliss-reactive ketones (excluding diaryl/α,β-unsaturated/α-hetero) is 1. The number of hydrogen-bond donors (Lipinski definition) is 1. The first-order valence-corrected chi connectivity index (χ1v) is 11.5. The number of nitrogens with zero attached hydrogens (tertiary/aromatic N) is 1. The summed E-state index contributed by atoms with van der Waals surface area (Å²) in [5.74, 6) is 0.634. The molecular formula is C26H32N2O5. The Balaban J connectivity index is 1.50. The molecule has 176 valence electrons. The maximum absolute atomic E-state index is 12.7. The van der Waals surface area contributed by atoms with Gasteiger partial charge in [0.05, 0.1) is 19.8 Å². The number of nitrogens with one attached hydrogen (secondary N) is 1. The third kappa shape index (κ3) is 6.34. The van der Waals surface area contributed by atoms with Gasteiger partial charge in [0.15, 0.2) is 17.3 Å². The molecular weight excluding hydrogens is 420 g/mol. The molecule has 0 spiro atoms. The Morgan fingerprint density at radius 1 is 0.909 bits per heavy atom. The highest BCUT2D eigenvalue weighted by Crippen LogP contribution is 2.28. The molecule has 7 nitrogen and oxygen atoms in total. The summed E-state index contributed by atoms with van der Waals surface area (Å²) < 4.78 is 11.1. The Morgan fingerprint density at radius 2 is 1.52 bits per heavy atom. The Morgan fingerprint density at radius 3 is 2.15 bits per heavy atom. The van der Waals surface area contributed by atoms with Crippen molar-refractivity contribution < 1.29 is 23.9 Å². The number of carbonyl (C=O) groups is 3. The lowest BCUT2D eigenvalue weighted by atomic mass is 9.88. The molecule has 1 aliphatic heterocycles. The van der Waals surface area contributed by atoms with Crippen molar-refractivity contribution in [3.05, 3.63) is 59.2 Å². The molecule has 0 unspecified atom stereocenters. The molecule has 0 aliphatic carbocycles. The van der Waals surface area contributed by atoms with E-state index in [1.54, 1.807) is 23.1 Å². The summed E-state index contributed by atoms with van der Waals surface area (Å²) in [6.07, 6.45) is 1.26. The lowest BCUT2D eigenvalue weighted by Gasteiger charge is -2.31. The van der Waals surface area contributed by atoms with E-state index in [1.807, 2.05) is 45.0 Å². The van der Waals surface area contributed by atoms with Crippen molar-refractivity contribution in [3.63, 3.8) is 0 Å². The van der Waals surface area contributed by atoms with Crippen LogP contribution < -0.4 is 14.8 Å². The van der Waals surface area contributed by atoms with Crippen LogP contribution in [0.15, 0.2) is 42.5 Å². The van der Waals surface area contributed by atoms with Crippen molar-refractivity contribution in [2.24, 2.45) is 5.92 Å². The van der Waals surface area contributed by atoms with E-state index in [-0.39, 0.29) is 30.1 Å². The van der Waals surface area contributed by atoms with Crippen LogP contribution in [0.5, 0.6) is 11.5 Å². The predicted octanol–water partition coefficient (Wildman–Crippen LogP) is 3.64. The van der Waals surface area contributed by atoms with Crippen LogP contribution in [0.25, 0.3) is 0 Å². The van der Waals surface area contributed by atoms with Gasteiger partial charge in [0.25, 0.3) is 5.91 Å². The van der Waals surface area contributed by atoms with Gasteiger partial charge in [-0.3, -0.25) is 14.4 Å². The van der Waals surface area contributed by atoms with Gasteiger partial charge in [0.1, 0.15) is 0 Å². The van der Waals surface area contributed by atoms with Crippen LogP contribution in [0.2, 0.25) is 0 Å². The van der Waals surface area contributed by atoms with Gasteiger partial charge in [-0.15, -0.1) is 0 Å². The average Bonchev–Trinajstić information content (AvgIpc) is 2.84. The van der Waals surface area contributed by atoms with E-state index >= 15 is 0 Å². The second-order valence-electron chi connectivity index (χ2n) is 8.10. The molecule has 2 aromatic carbocycles. The van der Waals surface area contributed by atoms with Gasteiger partial charge < -0.3 is 19.7 Å². The van der Waals surface area contributed by atoms with Gasteiger partial charge in [-0.2, -0.15) is 0 Å². The quantitative estimate of drug-likeness (QED) is 0.587. The molecule has 33 heavy (non-hydrogen) atoms. The molecule has 1 fully saturated rings. The average molecular weight is 453 g/mol. The molecule has 1 N–H and O–H groups in total. The fourth-order valence-electron chi connectivity index (χ4n) is 3.91. The summed E-state index contributed by atoms with van der Waals surface area (Å²) in [5, 5.41) is 2.69. The molecule has 1 saturated heterocycles. The van der Waals surface area contributed by atoms with E-state index in [2.05, 4.69) is 5.32 Å². The number of piperidine rings is 1. The molecule has 3 rings (SSSR count). The molecule has 2 aromatic rings. The van der Waals surface area contributed by atoms with Gasteiger partial charge in [-0.05, 0) is 51.8 Å². The third-order valence-corrected chi connectivity index (χ3v) is 5.76. The van der Waals surface area contributed by atoms with E-state index < -0.39 is 0 Å². The Kier molecular flexibility index (Phi) is 8.46. The number of amides is 2. The topological polar surface area (TPSA) is 84.9 Å². The molecule has 0 saturated carbocycles. The molecule has 0 radical (unpaired) electrons. The van der Waals surface area contributed by atoms with Crippen LogP contribution in [-0.4, -0.2) is 55.3 Å². The first kappa shape index (κ1) is 24.3. The number of ether oxygens (including phenoxy) is 2. The minimum atomic E-state index is -0.350. The molecule has 0 bridgehead atoms. The number of carbonyl (C=O) groups excluding carboxylic acids is 3. The van der Waals surface area contributed by atoms with E-state index in [0.717, 1.165) is 11.1 Å². The number of benzene rings is 2. The van der Waals surface area contributed by atoms with Crippen LogP contribution >= 0.6 is 0 Å². The van der Waals surface area contributed by atoms with E-state index in [0.29, 0.717) is 56.2 Å². The van der Waals surface area contributed by atoms with Crippen LogP contribution in [-0.2, 0) is 4.79 Å². The maximum Gasteiger partial charge on any atom is 0.251 e. The standard InChI is InChI=1S/C26H32N2O5/c1-4-32-22-11-10-21(16-23(22)33-5-2)26(31)27-17-24(29)28-14-12-20(13-15-28)25(30)19-8-6-18(3)7-9-19/h6-11,16,20H,4-5,12-15,17H2,1-3H3,(H,27,31). The molecule has 1 heterocycles. The molecule has 2 amide bonds. The highest BCUT2D eigenvalue weighted by Gasteiger charge is 2.28. The summed E-state index contributed by atoms with van der Waals surface area (Å²) in [6.45, 7) is 7.60. The van der Waals surface area contributed by atoms with Gasteiger partial charge in [0.2, 0.25) is 5.91 Å². The lowest BCUT2D eigenvalue weighted by molar-refractivity contribution is -0.131. The van der Waals surface area contributed by atoms with Gasteiger partial charge in [-0.25, -0.2) is 0 Å². The molecule has 0 atom stereocenters. The molecule has 7 heteroatoms. The minimum absolute atomic E-state index is 0.0767. The largest absolute Gasteiger partial charge is 0.490 e. The second kappa shape index (κ2) is 11.5. The zero-order valence-corrected chi connectivity index (χ0v) is 19.6. The Bertz CT molecular complexity index is 979. The van der Waals surface area contributed by atoms with Gasteiger partial charge in [-0.1, -0.05) is 29.8 Å². The second-order valence-corrected chi connectivity index (χ2v) is 8.10. The van der Waals surface area contributed by atoms with E-state index in [4.69, 9.17) is 9.47 Å². The van der Waals surface area contributed by atoms with Crippen LogP contribution in [0, 0.1) is 12.8 Å². The van der Waals surface area contributed by atoms with Crippen molar-refractivity contribution in [2.75, 3.05) is 32.8 Å². The molecule has 1 aliphatic rings. The van der Waals surface area contributed by atoms with Crippen LogP contribution in [0.1, 0.15) is 53.0 Å². The van der Waals surface area contributed by atoms with Crippen molar-refractivity contribution in [3.8, 4) is 11.5 Å². The summed E-state index contributed by atoms with van der Waals surface area (Å²) in [7, 11) is 0. The zero-order chi connectivity index (χ0) is 23.8. The normalized spacial score (nSPS) is 14.0. The summed E-state index contributed by atoms with van der Waals surface area (Å²) in [5.41, 5.74) is 2.24. The van der Waals surface area contributed by atoms with Crippen molar-refractivity contribution in [2.45, 2.75) is 33.6 Å². The number of likely N-dealkylation sites (tertiary alicyclic amines) is 1. The number of hydrogen-bond acceptors (Lipinski definition) is 5. The minimum Gasteiger partial charge on any atom is -0.490 e. The van der Waals surface area contributed by atoms with Crippen molar-refractivity contribution >= 4 is 17.6 Å². The van der Waals surface area contributed by atoms with Gasteiger partial charge >= 0.3 is 0 Å². The number of ketones is 1. The van der Waals surface area contributed by atoms with Gasteiger partial charge in [0, 0.05) is 30.1 Å². The van der Waals surface area contributed by atoms with Crippen LogP contribution in [0.4, 0.5) is 0 Å². The fourth-order valence-corrected chi connectivity index (χ4v) is 3.91. The third-order valence-electron chi connectivity index (χ3n) is 5.76. The fraction of sp³-hybridized carbons (Fsp3) is 0.423. The Labute approximate surface area is 195 Å². The number of rotatable bonds is 9. The Hall–Kier alpha value is -3.35. The van der Waals surface area contributed by atoms with E-state index in [9.17, 15) is 14.4 Å². The first-order chi connectivity index (χ1) is 15.9. The molecule has 0 aromatic heterocycles. The first-order valence-electron chi connectivity index (χ1n) is 11.5. The van der Waals surface area contributed by atoms with E-state index in [1.165, 1.54) is 0 Å². The monoisotopic (exact) mass is 452 g/mol.